The van der Waals surface area contributed by atoms with Crippen LogP contribution >= 0.6 is 0 Å². The normalized spacial score (nSPS) is 11.6. The highest BCUT2D eigenvalue weighted by molar-refractivity contribution is 6.15. The molecule has 56 heavy (non-hydrogen) atoms. The van der Waals surface area contributed by atoms with Gasteiger partial charge in [0.05, 0.1) is 0 Å². The molecule has 5 heteroatoms. The van der Waals surface area contributed by atoms with Crippen LogP contribution in [0.15, 0.2) is 197 Å². The summed E-state index contributed by atoms with van der Waals surface area (Å²) in [6, 6.07) is 64.5. The van der Waals surface area contributed by atoms with Crippen LogP contribution in [0.1, 0.15) is 0 Å². The summed E-state index contributed by atoms with van der Waals surface area (Å²) >= 11 is 0. The molecule has 0 unspecified atom stereocenters. The molecule has 0 aliphatic heterocycles. The summed E-state index contributed by atoms with van der Waals surface area (Å²) in [6.45, 7) is 0. The van der Waals surface area contributed by atoms with Crippen LogP contribution in [0, 0.1) is 0 Å². The van der Waals surface area contributed by atoms with E-state index in [1.807, 2.05) is 36.4 Å². The molecule has 8 aromatic carbocycles. The van der Waals surface area contributed by atoms with Crippen molar-refractivity contribution in [2.75, 3.05) is 0 Å². The van der Waals surface area contributed by atoms with E-state index in [9.17, 15) is 0 Å². The number of furan rings is 2. The Morgan fingerprint density at radius 3 is 1.38 bits per heavy atom. The van der Waals surface area contributed by atoms with Gasteiger partial charge in [0.1, 0.15) is 22.3 Å². The van der Waals surface area contributed by atoms with Crippen LogP contribution in [0.4, 0.5) is 0 Å². The lowest BCUT2D eigenvalue weighted by molar-refractivity contribution is 0.665. The molecule has 5 nitrogen and oxygen atoms in total. The minimum atomic E-state index is 0.567. The smallest absolute Gasteiger partial charge is 0.164 e. The minimum absolute atomic E-state index is 0.567. The van der Waals surface area contributed by atoms with E-state index in [1.165, 1.54) is 0 Å². The van der Waals surface area contributed by atoms with E-state index in [0.29, 0.717) is 17.5 Å². The third-order valence-electron chi connectivity index (χ3n) is 10.6. The maximum absolute atomic E-state index is 6.76. The fourth-order valence-electron chi connectivity index (χ4n) is 7.78. The minimum Gasteiger partial charge on any atom is -0.455 e. The molecule has 0 bridgehead atoms. The summed E-state index contributed by atoms with van der Waals surface area (Å²) in [5.41, 5.74) is 12.4. The second-order valence-corrected chi connectivity index (χ2v) is 14.0. The maximum Gasteiger partial charge on any atom is 0.164 e. The van der Waals surface area contributed by atoms with Gasteiger partial charge < -0.3 is 8.83 Å². The summed E-state index contributed by atoms with van der Waals surface area (Å²) < 4.78 is 13.2. The number of nitrogens with zero attached hydrogens (tertiary/aromatic N) is 3. The van der Waals surface area contributed by atoms with Gasteiger partial charge in [-0.15, -0.1) is 0 Å². The average Bonchev–Trinajstić information content (AvgIpc) is 3.85. The van der Waals surface area contributed by atoms with Gasteiger partial charge in [0.25, 0.3) is 0 Å². The molecular formula is C51H31N3O2. The number of hydrogen-bond acceptors (Lipinski definition) is 5. The van der Waals surface area contributed by atoms with Crippen LogP contribution in [0.25, 0.3) is 111 Å². The third kappa shape index (κ3) is 5.45. The Morgan fingerprint density at radius 1 is 0.268 bits per heavy atom. The van der Waals surface area contributed by atoms with E-state index in [-0.39, 0.29) is 0 Å². The van der Waals surface area contributed by atoms with Crippen molar-refractivity contribution in [1.29, 1.82) is 0 Å². The molecule has 3 heterocycles. The molecule has 0 spiro atoms. The topological polar surface area (TPSA) is 65.0 Å². The van der Waals surface area contributed by atoms with Crippen molar-refractivity contribution in [2.45, 2.75) is 0 Å². The molecule has 11 rings (SSSR count). The molecule has 0 saturated heterocycles. The SMILES string of the molecule is c1ccc(-c2ccc(-c3nc(-c4cccc(-c5ccccc5)c4)nc(-c4ccc5c(c4)oc4c(-c6cccc7c6oc6ccccc67)cccc45)n3)cc2)cc1. The van der Waals surface area contributed by atoms with E-state index < -0.39 is 0 Å². The van der Waals surface area contributed by atoms with Crippen LogP contribution < -0.4 is 0 Å². The van der Waals surface area contributed by atoms with Crippen LogP contribution in [0.3, 0.4) is 0 Å². The summed E-state index contributed by atoms with van der Waals surface area (Å²) in [5.74, 6) is 1.76. The summed E-state index contributed by atoms with van der Waals surface area (Å²) in [7, 11) is 0. The quantitative estimate of drug-likeness (QED) is 0.171. The second-order valence-electron chi connectivity index (χ2n) is 14.0. The van der Waals surface area contributed by atoms with E-state index in [2.05, 4.69) is 152 Å². The Morgan fingerprint density at radius 2 is 0.696 bits per heavy atom. The van der Waals surface area contributed by atoms with Crippen LogP contribution in [-0.2, 0) is 0 Å². The lowest BCUT2D eigenvalue weighted by Crippen LogP contribution is -2.00. The Labute approximate surface area is 322 Å². The first kappa shape index (κ1) is 31.9. The molecule has 0 amide bonds. The van der Waals surface area contributed by atoms with Crippen molar-refractivity contribution in [3.8, 4) is 67.5 Å². The first-order valence-electron chi connectivity index (χ1n) is 18.7. The Balaban J connectivity index is 1.05. The molecule has 0 saturated carbocycles. The number of fused-ring (bicyclic) bond motifs is 6. The number of benzene rings is 8. The van der Waals surface area contributed by atoms with Gasteiger partial charge in [-0.05, 0) is 46.5 Å². The van der Waals surface area contributed by atoms with E-state index in [1.54, 1.807) is 0 Å². The van der Waals surface area contributed by atoms with Crippen molar-refractivity contribution in [1.82, 2.24) is 15.0 Å². The van der Waals surface area contributed by atoms with Crippen LogP contribution in [0.5, 0.6) is 0 Å². The Hall–Kier alpha value is -7.63. The van der Waals surface area contributed by atoms with E-state index in [0.717, 1.165) is 93.9 Å². The fraction of sp³-hybridized carbons (Fsp3) is 0. The van der Waals surface area contributed by atoms with Gasteiger partial charge in [0, 0.05) is 49.4 Å². The fourth-order valence-corrected chi connectivity index (χ4v) is 7.78. The van der Waals surface area contributed by atoms with Gasteiger partial charge in [0.15, 0.2) is 17.5 Å². The molecule has 0 N–H and O–H groups in total. The monoisotopic (exact) mass is 717 g/mol. The van der Waals surface area contributed by atoms with Gasteiger partial charge in [-0.25, -0.2) is 15.0 Å². The van der Waals surface area contributed by atoms with Gasteiger partial charge in [0.2, 0.25) is 0 Å². The lowest BCUT2D eigenvalue weighted by Gasteiger charge is -2.10. The highest BCUT2D eigenvalue weighted by Crippen LogP contribution is 2.42. The number of para-hydroxylation sites is 3. The third-order valence-corrected chi connectivity index (χ3v) is 10.6. The number of rotatable bonds is 6. The molecule has 0 fully saturated rings. The predicted molar refractivity (Wildman–Crippen MR) is 227 cm³/mol. The number of aromatic nitrogens is 3. The predicted octanol–water partition coefficient (Wildman–Crippen LogP) is 13.7. The van der Waals surface area contributed by atoms with Gasteiger partial charge >= 0.3 is 0 Å². The van der Waals surface area contributed by atoms with Crippen molar-refractivity contribution < 1.29 is 8.83 Å². The van der Waals surface area contributed by atoms with Crippen molar-refractivity contribution in [3.05, 3.63) is 188 Å². The number of hydrogen-bond donors (Lipinski definition) is 0. The zero-order valence-corrected chi connectivity index (χ0v) is 30.1. The Bertz CT molecular complexity index is 3240. The summed E-state index contributed by atoms with van der Waals surface area (Å²) in [5, 5.41) is 4.23. The molecule has 0 aliphatic carbocycles. The molecular weight excluding hydrogens is 687 g/mol. The highest BCUT2D eigenvalue weighted by atomic mass is 16.3. The van der Waals surface area contributed by atoms with E-state index >= 15 is 0 Å². The standard InChI is InChI=1S/C51H31N3O2/c1-3-12-32(13-4-1)34-24-26-35(27-25-34)49-52-50(37-17-9-16-36(30-37)33-14-5-2-6-15-33)54-51(53-49)38-28-29-40-42-20-11-22-44(48(42)56-46(40)31-38)43-21-10-19-41-39-18-7-8-23-45(39)55-47(41)43/h1-31H. The molecule has 262 valence electrons. The van der Waals surface area contributed by atoms with Gasteiger partial charge in [-0.3, -0.25) is 0 Å². The Kier molecular flexibility index (Phi) is 7.42. The second kappa shape index (κ2) is 13.0. The maximum atomic E-state index is 6.76. The molecule has 11 aromatic rings. The first-order valence-corrected chi connectivity index (χ1v) is 18.7. The summed E-state index contributed by atoms with van der Waals surface area (Å²) in [6.07, 6.45) is 0. The van der Waals surface area contributed by atoms with Crippen LogP contribution in [0.2, 0.25) is 0 Å². The van der Waals surface area contributed by atoms with Crippen molar-refractivity contribution in [2.24, 2.45) is 0 Å². The average molecular weight is 718 g/mol. The largest absolute Gasteiger partial charge is 0.455 e. The van der Waals surface area contributed by atoms with Crippen molar-refractivity contribution >= 4 is 43.9 Å². The summed E-state index contributed by atoms with van der Waals surface area (Å²) in [4.78, 5) is 15.3. The lowest BCUT2D eigenvalue weighted by atomic mass is 10.00. The zero-order valence-electron chi connectivity index (χ0n) is 30.1. The molecule has 0 aliphatic rings. The highest BCUT2D eigenvalue weighted by Gasteiger charge is 2.19. The van der Waals surface area contributed by atoms with Gasteiger partial charge in [-0.1, -0.05) is 164 Å². The molecule has 0 atom stereocenters. The van der Waals surface area contributed by atoms with E-state index in [4.69, 9.17) is 23.8 Å². The zero-order chi connectivity index (χ0) is 37.0. The first-order chi connectivity index (χ1) is 27.7. The molecule has 0 radical (unpaired) electrons. The molecule has 3 aromatic heterocycles. The van der Waals surface area contributed by atoms with Crippen molar-refractivity contribution in [3.63, 3.8) is 0 Å². The van der Waals surface area contributed by atoms with Crippen LogP contribution in [-0.4, -0.2) is 15.0 Å². The van der Waals surface area contributed by atoms with Gasteiger partial charge in [-0.2, -0.15) is 0 Å².